The second-order valence-electron chi connectivity index (χ2n) is 8.75. The van der Waals surface area contributed by atoms with Crippen LogP contribution >= 0.6 is 0 Å². The molecule has 1 saturated heterocycles. The molecule has 180 valence electrons. The number of anilines is 2. The summed E-state index contributed by atoms with van der Waals surface area (Å²) in [6.07, 6.45) is 1.88. The summed E-state index contributed by atoms with van der Waals surface area (Å²) in [6, 6.07) is 21.1. The maximum Gasteiger partial charge on any atom is 0.255 e. The van der Waals surface area contributed by atoms with Crippen molar-refractivity contribution >= 4 is 38.2 Å². The van der Waals surface area contributed by atoms with Gasteiger partial charge < -0.3 is 20.9 Å². The number of nitrogens with zero attached hydrogens (tertiary/aromatic N) is 2. The van der Waals surface area contributed by atoms with Gasteiger partial charge in [-0.2, -0.15) is 0 Å². The summed E-state index contributed by atoms with van der Waals surface area (Å²) < 4.78 is 28.9. The van der Waals surface area contributed by atoms with Gasteiger partial charge in [-0.1, -0.05) is 36.4 Å². The summed E-state index contributed by atoms with van der Waals surface area (Å²) in [6.45, 7) is 1.64. The topological polar surface area (TPSA) is 119 Å². The molecule has 3 aromatic carbocycles. The number of hydrogen-bond acceptors (Lipinski definition) is 6. The summed E-state index contributed by atoms with van der Waals surface area (Å²) in [5, 5.41) is 6.23. The third kappa shape index (κ3) is 4.78. The molecule has 1 aliphatic heterocycles. The van der Waals surface area contributed by atoms with Gasteiger partial charge in [0.15, 0.2) is 0 Å². The summed E-state index contributed by atoms with van der Waals surface area (Å²) in [7, 11) is -3.74. The summed E-state index contributed by atoms with van der Waals surface area (Å²) in [4.78, 5) is 17.1. The first-order chi connectivity index (χ1) is 16.9. The molecule has 0 saturated carbocycles. The predicted octanol–water partition coefficient (Wildman–Crippen LogP) is 3.77. The highest BCUT2D eigenvalue weighted by Gasteiger charge is 2.29. The zero-order valence-electron chi connectivity index (χ0n) is 19.1. The maximum absolute atomic E-state index is 13.5. The molecular formula is C26H27N5O3S. The first-order valence-corrected chi connectivity index (χ1v) is 13.2. The maximum atomic E-state index is 13.5. The Labute approximate surface area is 204 Å². The molecule has 4 aromatic rings. The standard InChI is InChI=1S/C26H27N5O3S/c27-21-7-1-2-8-22(21)29-25(32)19-13-11-18(12-14-19)17-35(33,34)26-30-23-9-3-4-10-24(23)31(26)20-6-5-15-28-16-20/h1-4,7-14,20,28H,5-6,15-17,27H2,(H,29,32). The monoisotopic (exact) mass is 489 g/mol. The Hall–Kier alpha value is -3.69. The van der Waals surface area contributed by atoms with Gasteiger partial charge in [0.2, 0.25) is 15.0 Å². The smallest absolute Gasteiger partial charge is 0.255 e. The van der Waals surface area contributed by atoms with Crippen LogP contribution in [-0.4, -0.2) is 37.0 Å². The molecule has 4 N–H and O–H groups in total. The van der Waals surface area contributed by atoms with E-state index >= 15 is 0 Å². The average Bonchev–Trinajstić information content (AvgIpc) is 3.27. The minimum absolute atomic E-state index is 0.0254. The van der Waals surface area contributed by atoms with Gasteiger partial charge in [0.25, 0.3) is 5.91 Å². The van der Waals surface area contributed by atoms with Crippen molar-refractivity contribution < 1.29 is 13.2 Å². The van der Waals surface area contributed by atoms with E-state index in [9.17, 15) is 13.2 Å². The second-order valence-corrected chi connectivity index (χ2v) is 10.6. The predicted molar refractivity (Wildman–Crippen MR) is 137 cm³/mol. The summed E-state index contributed by atoms with van der Waals surface area (Å²) in [5.41, 5.74) is 9.39. The van der Waals surface area contributed by atoms with Gasteiger partial charge >= 0.3 is 0 Å². The quantitative estimate of drug-likeness (QED) is 0.355. The number of imidazole rings is 1. The number of nitrogen functional groups attached to an aromatic ring is 1. The van der Waals surface area contributed by atoms with Crippen LogP contribution < -0.4 is 16.4 Å². The Morgan fingerprint density at radius 3 is 2.54 bits per heavy atom. The van der Waals surface area contributed by atoms with Crippen molar-refractivity contribution in [2.75, 3.05) is 24.1 Å². The fourth-order valence-electron chi connectivity index (χ4n) is 4.49. The number of piperidine rings is 1. The number of amides is 1. The third-order valence-corrected chi connectivity index (χ3v) is 7.82. The van der Waals surface area contributed by atoms with Crippen molar-refractivity contribution in [2.24, 2.45) is 0 Å². The van der Waals surface area contributed by atoms with Crippen LogP contribution in [0.15, 0.2) is 78.0 Å². The lowest BCUT2D eigenvalue weighted by atomic mass is 10.1. The number of carbonyl (C=O) groups is 1. The Morgan fingerprint density at radius 1 is 1.06 bits per heavy atom. The van der Waals surface area contributed by atoms with E-state index < -0.39 is 9.84 Å². The minimum atomic E-state index is -3.74. The van der Waals surface area contributed by atoms with E-state index in [-0.39, 0.29) is 22.9 Å². The number of nitrogens with two attached hydrogens (primary N) is 1. The fraction of sp³-hybridized carbons (Fsp3) is 0.231. The van der Waals surface area contributed by atoms with Crippen LogP contribution in [0, 0.1) is 0 Å². The van der Waals surface area contributed by atoms with Gasteiger partial charge in [-0.05, 0) is 61.3 Å². The SMILES string of the molecule is Nc1ccccc1NC(=O)c1ccc(CS(=O)(=O)c2nc3ccccc3n2C2CCCNC2)cc1. The van der Waals surface area contributed by atoms with Crippen LogP contribution in [0.2, 0.25) is 0 Å². The molecule has 2 heterocycles. The van der Waals surface area contributed by atoms with Crippen molar-refractivity contribution in [1.29, 1.82) is 0 Å². The number of hydrogen-bond donors (Lipinski definition) is 3. The lowest BCUT2D eigenvalue weighted by molar-refractivity contribution is 0.102. The van der Waals surface area contributed by atoms with Gasteiger partial charge in [0.05, 0.1) is 28.2 Å². The average molecular weight is 490 g/mol. The zero-order valence-corrected chi connectivity index (χ0v) is 20.0. The second kappa shape index (κ2) is 9.52. The zero-order chi connectivity index (χ0) is 24.4. The van der Waals surface area contributed by atoms with Crippen molar-refractivity contribution in [3.63, 3.8) is 0 Å². The Balaban J connectivity index is 1.40. The van der Waals surface area contributed by atoms with Crippen molar-refractivity contribution in [3.05, 3.63) is 83.9 Å². The van der Waals surface area contributed by atoms with Crippen LogP contribution in [0.3, 0.4) is 0 Å². The van der Waals surface area contributed by atoms with E-state index in [1.165, 1.54) is 0 Å². The largest absolute Gasteiger partial charge is 0.397 e. The Kier molecular flexibility index (Phi) is 6.27. The number of aromatic nitrogens is 2. The van der Waals surface area contributed by atoms with E-state index in [2.05, 4.69) is 15.6 Å². The molecule has 0 spiro atoms. The number of fused-ring (bicyclic) bond motifs is 1. The van der Waals surface area contributed by atoms with Crippen LogP contribution in [0.25, 0.3) is 11.0 Å². The van der Waals surface area contributed by atoms with E-state index in [4.69, 9.17) is 5.73 Å². The normalized spacial score (nSPS) is 16.3. The molecule has 8 nitrogen and oxygen atoms in total. The lowest BCUT2D eigenvalue weighted by Gasteiger charge is -2.26. The molecule has 1 aromatic heterocycles. The van der Waals surface area contributed by atoms with Crippen LogP contribution in [0.5, 0.6) is 0 Å². The number of rotatable bonds is 6. The highest BCUT2D eigenvalue weighted by Crippen LogP contribution is 2.29. The Morgan fingerprint density at radius 2 is 1.80 bits per heavy atom. The minimum Gasteiger partial charge on any atom is -0.397 e. The molecule has 1 unspecified atom stereocenters. The van der Waals surface area contributed by atoms with Gasteiger partial charge in [0, 0.05) is 18.2 Å². The molecule has 9 heteroatoms. The summed E-state index contributed by atoms with van der Waals surface area (Å²) in [5.74, 6) is -0.520. The van der Waals surface area contributed by atoms with E-state index in [1.54, 1.807) is 48.5 Å². The van der Waals surface area contributed by atoms with E-state index in [0.29, 0.717) is 34.6 Å². The number of sulfone groups is 1. The first kappa shape index (κ1) is 23.1. The molecule has 1 amide bonds. The molecule has 0 radical (unpaired) electrons. The van der Waals surface area contributed by atoms with Crippen molar-refractivity contribution in [3.8, 4) is 0 Å². The van der Waals surface area contributed by atoms with Gasteiger partial charge in [-0.15, -0.1) is 0 Å². The van der Waals surface area contributed by atoms with Gasteiger partial charge in [-0.25, -0.2) is 13.4 Å². The molecule has 35 heavy (non-hydrogen) atoms. The first-order valence-electron chi connectivity index (χ1n) is 11.6. The number of carbonyl (C=O) groups excluding carboxylic acids is 1. The van der Waals surface area contributed by atoms with Crippen molar-refractivity contribution in [1.82, 2.24) is 14.9 Å². The highest BCUT2D eigenvalue weighted by atomic mass is 32.2. The molecule has 1 fully saturated rings. The van der Waals surface area contributed by atoms with Crippen molar-refractivity contribution in [2.45, 2.75) is 29.8 Å². The number of para-hydroxylation sites is 4. The van der Waals surface area contributed by atoms with E-state index in [1.807, 2.05) is 28.8 Å². The number of benzene rings is 3. The van der Waals surface area contributed by atoms with Gasteiger partial charge in [0.1, 0.15) is 0 Å². The van der Waals surface area contributed by atoms with Crippen LogP contribution in [0.4, 0.5) is 11.4 Å². The molecule has 5 rings (SSSR count). The molecule has 0 bridgehead atoms. The molecule has 1 atom stereocenters. The number of nitrogens with one attached hydrogen (secondary N) is 2. The van der Waals surface area contributed by atoms with Crippen LogP contribution in [-0.2, 0) is 15.6 Å². The lowest BCUT2D eigenvalue weighted by Crippen LogP contribution is -2.33. The summed E-state index contributed by atoms with van der Waals surface area (Å²) >= 11 is 0. The Bertz CT molecular complexity index is 1470. The van der Waals surface area contributed by atoms with E-state index in [0.717, 1.165) is 24.9 Å². The molecule has 0 aliphatic carbocycles. The highest BCUT2D eigenvalue weighted by molar-refractivity contribution is 7.90. The third-order valence-electron chi connectivity index (χ3n) is 6.26. The van der Waals surface area contributed by atoms with Gasteiger partial charge in [-0.3, -0.25) is 4.79 Å². The van der Waals surface area contributed by atoms with Crippen LogP contribution in [0.1, 0.15) is 34.8 Å². The fourth-order valence-corrected chi connectivity index (χ4v) is 6.04. The molecule has 1 aliphatic rings. The molecular weight excluding hydrogens is 462 g/mol.